The SMILES string of the molecule is C=CCSC1=N[C@@H]2CS(=O)(=O)C[C@@H]2N1c1ccc2c(c1)OCCO2. The number of anilines is 1. The lowest BCUT2D eigenvalue weighted by atomic mass is 10.1. The molecule has 0 unspecified atom stereocenters. The minimum Gasteiger partial charge on any atom is -0.486 e. The molecule has 0 radical (unpaired) electrons. The molecule has 2 atom stereocenters. The number of rotatable bonds is 3. The van der Waals surface area contributed by atoms with Crippen LogP contribution in [-0.2, 0) is 9.84 Å². The Hall–Kier alpha value is -1.67. The van der Waals surface area contributed by atoms with Crippen molar-refractivity contribution in [3.05, 3.63) is 30.9 Å². The Labute approximate surface area is 145 Å². The van der Waals surface area contributed by atoms with Crippen molar-refractivity contribution in [2.45, 2.75) is 12.1 Å². The van der Waals surface area contributed by atoms with E-state index in [1.165, 1.54) is 0 Å². The second-order valence-electron chi connectivity index (χ2n) is 5.92. The molecule has 3 aliphatic heterocycles. The smallest absolute Gasteiger partial charge is 0.164 e. The maximum absolute atomic E-state index is 12.0. The lowest BCUT2D eigenvalue weighted by Gasteiger charge is -2.28. The molecule has 0 aliphatic carbocycles. The topological polar surface area (TPSA) is 68.2 Å². The third-order valence-electron chi connectivity index (χ3n) is 4.24. The first kappa shape index (κ1) is 15.8. The number of benzene rings is 1. The summed E-state index contributed by atoms with van der Waals surface area (Å²) in [6.07, 6.45) is 1.82. The van der Waals surface area contributed by atoms with E-state index in [0.717, 1.165) is 22.4 Å². The largest absolute Gasteiger partial charge is 0.486 e. The Morgan fingerprint density at radius 1 is 1.29 bits per heavy atom. The average molecular weight is 366 g/mol. The van der Waals surface area contributed by atoms with Gasteiger partial charge in [0.05, 0.1) is 23.6 Å². The zero-order chi connectivity index (χ0) is 16.7. The molecule has 3 aliphatic rings. The van der Waals surface area contributed by atoms with Crippen molar-refractivity contribution in [3.63, 3.8) is 0 Å². The maximum Gasteiger partial charge on any atom is 0.164 e. The van der Waals surface area contributed by atoms with Crippen molar-refractivity contribution in [2.24, 2.45) is 4.99 Å². The zero-order valence-corrected chi connectivity index (χ0v) is 14.7. The summed E-state index contributed by atoms with van der Waals surface area (Å²) in [6, 6.07) is 5.37. The predicted molar refractivity (Wildman–Crippen MR) is 96.2 cm³/mol. The normalized spacial score (nSPS) is 26.8. The number of fused-ring (bicyclic) bond motifs is 2. The Bertz CT molecular complexity index is 806. The molecule has 128 valence electrons. The van der Waals surface area contributed by atoms with Gasteiger partial charge in [-0.15, -0.1) is 6.58 Å². The van der Waals surface area contributed by atoms with Crippen LogP contribution in [0.1, 0.15) is 0 Å². The van der Waals surface area contributed by atoms with Gasteiger partial charge in [0.2, 0.25) is 0 Å². The first-order valence-corrected chi connectivity index (χ1v) is 10.6. The number of ether oxygens (including phenoxy) is 2. The number of thioether (sulfide) groups is 1. The molecule has 1 saturated heterocycles. The van der Waals surface area contributed by atoms with Crippen molar-refractivity contribution in [1.29, 1.82) is 0 Å². The third kappa shape index (κ3) is 2.77. The predicted octanol–water partition coefficient (Wildman–Crippen LogP) is 1.72. The van der Waals surface area contributed by atoms with E-state index in [1.807, 2.05) is 29.2 Å². The summed E-state index contributed by atoms with van der Waals surface area (Å²) in [6.45, 7) is 4.81. The maximum atomic E-state index is 12.0. The molecule has 1 aromatic rings. The number of sulfone groups is 1. The first-order valence-electron chi connectivity index (χ1n) is 7.78. The summed E-state index contributed by atoms with van der Waals surface area (Å²) >= 11 is 1.57. The average Bonchev–Trinajstić information content (AvgIpc) is 3.03. The zero-order valence-electron chi connectivity index (χ0n) is 13.1. The van der Waals surface area contributed by atoms with Gasteiger partial charge in [0.25, 0.3) is 0 Å². The van der Waals surface area contributed by atoms with Crippen LogP contribution in [0.5, 0.6) is 11.5 Å². The van der Waals surface area contributed by atoms with E-state index in [0.29, 0.717) is 19.0 Å². The molecule has 1 aromatic carbocycles. The highest BCUT2D eigenvalue weighted by Gasteiger charge is 2.47. The Morgan fingerprint density at radius 3 is 2.88 bits per heavy atom. The molecule has 0 saturated carbocycles. The fourth-order valence-corrected chi connectivity index (χ4v) is 5.95. The van der Waals surface area contributed by atoms with Gasteiger partial charge in [0, 0.05) is 17.5 Å². The van der Waals surface area contributed by atoms with Gasteiger partial charge in [-0.05, 0) is 12.1 Å². The second-order valence-corrected chi connectivity index (χ2v) is 9.06. The van der Waals surface area contributed by atoms with Gasteiger partial charge in [-0.25, -0.2) is 8.42 Å². The van der Waals surface area contributed by atoms with Crippen LogP contribution in [0.4, 0.5) is 5.69 Å². The molecule has 0 amide bonds. The van der Waals surface area contributed by atoms with E-state index in [1.54, 1.807) is 11.8 Å². The lowest BCUT2D eigenvalue weighted by Crippen LogP contribution is -2.39. The van der Waals surface area contributed by atoms with Gasteiger partial charge < -0.3 is 14.4 Å². The summed E-state index contributed by atoms with van der Waals surface area (Å²) in [7, 11) is -3.04. The van der Waals surface area contributed by atoms with Crippen LogP contribution in [0.2, 0.25) is 0 Å². The fraction of sp³-hybridized carbons (Fsp3) is 0.438. The van der Waals surface area contributed by atoms with Crippen LogP contribution in [0.3, 0.4) is 0 Å². The van der Waals surface area contributed by atoms with Gasteiger partial charge in [0.15, 0.2) is 26.5 Å². The van der Waals surface area contributed by atoms with E-state index in [-0.39, 0.29) is 23.6 Å². The van der Waals surface area contributed by atoms with Crippen LogP contribution in [0.25, 0.3) is 0 Å². The van der Waals surface area contributed by atoms with Crippen molar-refractivity contribution in [2.75, 3.05) is 35.4 Å². The number of nitrogens with zero attached hydrogens (tertiary/aromatic N) is 2. The molecule has 6 nitrogen and oxygen atoms in total. The van der Waals surface area contributed by atoms with E-state index in [2.05, 4.69) is 11.6 Å². The molecule has 24 heavy (non-hydrogen) atoms. The van der Waals surface area contributed by atoms with Crippen molar-refractivity contribution in [3.8, 4) is 11.5 Å². The van der Waals surface area contributed by atoms with Gasteiger partial charge in [-0.3, -0.25) is 4.99 Å². The molecule has 1 fully saturated rings. The lowest BCUT2D eigenvalue weighted by molar-refractivity contribution is 0.171. The Kier molecular flexibility index (Phi) is 3.96. The van der Waals surface area contributed by atoms with Crippen LogP contribution in [0.15, 0.2) is 35.8 Å². The standard InChI is InChI=1S/C16H18N2O4S2/c1-2-7-23-16-17-12-9-24(19,20)10-13(12)18(16)11-3-4-14-15(8-11)22-6-5-21-14/h2-4,8,12-13H,1,5-7,9-10H2/t12-,13+/m1/s1. The van der Waals surface area contributed by atoms with Gasteiger partial charge in [-0.1, -0.05) is 17.8 Å². The summed E-state index contributed by atoms with van der Waals surface area (Å²) in [4.78, 5) is 6.69. The van der Waals surface area contributed by atoms with Crippen LogP contribution >= 0.6 is 11.8 Å². The fourth-order valence-electron chi connectivity index (χ4n) is 3.25. The number of hydrogen-bond acceptors (Lipinski definition) is 7. The van der Waals surface area contributed by atoms with Crippen molar-refractivity contribution >= 4 is 32.5 Å². The number of amidine groups is 1. The summed E-state index contributed by atoms with van der Waals surface area (Å²) in [5, 5.41) is 0.844. The van der Waals surface area contributed by atoms with Gasteiger partial charge in [0.1, 0.15) is 13.2 Å². The molecule has 0 N–H and O–H groups in total. The third-order valence-corrected chi connectivity index (χ3v) is 6.90. The summed E-state index contributed by atoms with van der Waals surface area (Å²) in [5.41, 5.74) is 0.888. The number of aliphatic imine (C=N–C) groups is 1. The molecular weight excluding hydrogens is 348 g/mol. The second kappa shape index (κ2) is 6.00. The first-order chi connectivity index (χ1) is 11.6. The molecular formula is C16H18N2O4S2. The van der Waals surface area contributed by atoms with Gasteiger partial charge >= 0.3 is 0 Å². The van der Waals surface area contributed by atoms with Crippen LogP contribution in [-0.4, -0.2) is 56.1 Å². The van der Waals surface area contributed by atoms with E-state index >= 15 is 0 Å². The molecule has 0 aromatic heterocycles. The monoisotopic (exact) mass is 366 g/mol. The van der Waals surface area contributed by atoms with E-state index < -0.39 is 9.84 Å². The minimum absolute atomic E-state index is 0.122. The Balaban J connectivity index is 1.70. The molecule has 0 bridgehead atoms. The molecule has 0 spiro atoms. The molecule has 3 heterocycles. The minimum atomic E-state index is -3.04. The van der Waals surface area contributed by atoms with E-state index in [9.17, 15) is 8.42 Å². The molecule has 8 heteroatoms. The highest BCUT2D eigenvalue weighted by molar-refractivity contribution is 8.14. The number of hydrogen-bond donors (Lipinski definition) is 0. The van der Waals surface area contributed by atoms with Gasteiger partial charge in [-0.2, -0.15) is 0 Å². The Morgan fingerprint density at radius 2 is 2.08 bits per heavy atom. The van der Waals surface area contributed by atoms with E-state index in [4.69, 9.17) is 9.47 Å². The van der Waals surface area contributed by atoms with Crippen LogP contribution in [0, 0.1) is 0 Å². The quantitative estimate of drug-likeness (QED) is 0.759. The van der Waals surface area contributed by atoms with Crippen LogP contribution < -0.4 is 14.4 Å². The summed E-state index contributed by atoms with van der Waals surface area (Å²) in [5.74, 6) is 2.39. The highest BCUT2D eigenvalue weighted by atomic mass is 32.2. The highest BCUT2D eigenvalue weighted by Crippen LogP contribution is 2.39. The summed E-state index contributed by atoms with van der Waals surface area (Å²) < 4.78 is 35.2. The van der Waals surface area contributed by atoms with Crippen molar-refractivity contribution in [1.82, 2.24) is 0 Å². The van der Waals surface area contributed by atoms with Crippen molar-refractivity contribution < 1.29 is 17.9 Å². The molecule has 4 rings (SSSR count).